The molecule has 0 spiro atoms. The molecule has 3 rings (SSSR count). The van der Waals surface area contributed by atoms with Crippen LogP contribution in [0, 0.1) is 0 Å². The second-order valence-electron chi connectivity index (χ2n) is 3.57. The highest BCUT2D eigenvalue weighted by molar-refractivity contribution is 7.17. The number of nitrogens with zero attached hydrogens (tertiary/aromatic N) is 3. The topological polar surface area (TPSA) is 66.5 Å². The van der Waals surface area contributed by atoms with Crippen LogP contribution in [0.25, 0.3) is 10.2 Å². The summed E-state index contributed by atoms with van der Waals surface area (Å²) in [6, 6.07) is 2.00. The first-order chi connectivity index (χ1) is 8.43. The molecule has 2 N–H and O–H groups in total. The molecule has 0 saturated heterocycles. The van der Waals surface area contributed by atoms with E-state index in [4.69, 9.17) is 0 Å². The molecule has 5 nitrogen and oxygen atoms in total. The van der Waals surface area contributed by atoms with Crippen molar-refractivity contribution in [2.24, 2.45) is 0 Å². The predicted molar refractivity (Wildman–Crippen MR) is 68.2 cm³/mol. The fraction of sp³-hybridized carbons (Fsp3) is 0.182. The number of H-pyrrole nitrogens is 1. The molecular weight excluding hydrogens is 234 g/mol. The Hall–Kier alpha value is -1.95. The first kappa shape index (κ1) is 10.2. The lowest BCUT2D eigenvalue weighted by Crippen LogP contribution is -2.07. The number of nitrogens with one attached hydrogen (secondary N) is 2. The van der Waals surface area contributed by atoms with E-state index in [1.54, 1.807) is 23.9 Å². The lowest BCUT2D eigenvalue weighted by molar-refractivity contribution is 0.922. The summed E-state index contributed by atoms with van der Waals surface area (Å²) in [5.41, 5.74) is 0.991. The van der Waals surface area contributed by atoms with Gasteiger partial charge in [0.05, 0.1) is 10.2 Å². The van der Waals surface area contributed by atoms with Crippen molar-refractivity contribution < 1.29 is 0 Å². The summed E-state index contributed by atoms with van der Waals surface area (Å²) in [5.74, 6) is 1.88. The third kappa shape index (κ3) is 2.12. The van der Waals surface area contributed by atoms with Gasteiger partial charge < -0.3 is 10.3 Å². The summed E-state index contributed by atoms with van der Waals surface area (Å²) >= 11 is 1.65. The molecule has 0 aromatic carbocycles. The van der Waals surface area contributed by atoms with E-state index >= 15 is 0 Å². The largest absolute Gasteiger partial charge is 0.368 e. The van der Waals surface area contributed by atoms with Gasteiger partial charge in [-0.05, 0) is 11.4 Å². The molecule has 86 valence electrons. The normalized spacial score (nSPS) is 10.8. The Kier molecular flexibility index (Phi) is 2.71. The number of anilines is 1. The maximum atomic E-state index is 4.26. The minimum absolute atomic E-state index is 0.803. The summed E-state index contributed by atoms with van der Waals surface area (Å²) < 4.78 is 1.10. The van der Waals surface area contributed by atoms with E-state index in [0.29, 0.717) is 0 Å². The number of imidazole rings is 1. The summed E-state index contributed by atoms with van der Waals surface area (Å²) in [5, 5.41) is 5.34. The van der Waals surface area contributed by atoms with Gasteiger partial charge in [0.25, 0.3) is 0 Å². The smallest absolute Gasteiger partial charge is 0.147 e. The number of fused-ring (bicyclic) bond motifs is 1. The maximum Gasteiger partial charge on any atom is 0.147 e. The second kappa shape index (κ2) is 4.50. The molecule has 3 aromatic rings. The zero-order chi connectivity index (χ0) is 11.5. The van der Waals surface area contributed by atoms with E-state index in [-0.39, 0.29) is 0 Å². The molecule has 3 aromatic heterocycles. The SMILES string of the molecule is c1c[nH]c(CCNc2ncnc3ccsc23)n1. The molecule has 0 aliphatic rings. The van der Waals surface area contributed by atoms with E-state index in [9.17, 15) is 0 Å². The number of aromatic nitrogens is 4. The third-order valence-electron chi connectivity index (χ3n) is 2.45. The van der Waals surface area contributed by atoms with Crippen LogP contribution in [0.4, 0.5) is 5.82 Å². The lowest BCUT2D eigenvalue weighted by atomic mass is 10.4. The van der Waals surface area contributed by atoms with Crippen LogP contribution in [-0.4, -0.2) is 26.5 Å². The number of rotatable bonds is 4. The van der Waals surface area contributed by atoms with Crippen molar-refractivity contribution in [2.75, 3.05) is 11.9 Å². The Labute approximate surface area is 102 Å². The molecule has 0 amide bonds. The van der Waals surface area contributed by atoms with Crippen LogP contribution in [0.2, 0.25) is 0 Å². The summed E-state index contributed by atoms with van der Waals surface area (Å²) in [6.45, 7) is 0.803. The summed E-state index contributed by atoms with van der Waals surface area (Å²) in [7, 11) is 0. The standard InChI is InChI=1S/C11H11N5S/c1(9-12-4-5-13-9)3-14-11-10-8(2-6-17-10)15-7-16-11/h2,4-7H,1,3H2,(H,12,13)(H,14,15,16). The van der Waals surface area contributed by atoms with Gasteiger partial charge in [0, 0.05) is 25.4 Å². The zero-order valence-corrected chi connectivity index (χ0v) is 9.87. The Morgan fingerprint density at radius 2 is 2.29 bits per heavy atom. The van der Waals surface area contributed by atoms with E-state index < -0.39 is 0 Å². The van der Waals surface area contributed by atoms with Crippen LogP contribution >= 0.6 is 11.3 Å². The van der Waals surface area contributed by atoms with Gasteiger partial charge in [0.1, 0.15) is 18.0 Å². The van der Waals surface area contributed by atoms with Crippen LogP contribution in [-0.2, 0) is 6.42 Å². The average molecular weight is 245 g/mol. The highest BCUT2D eigenvalue weighted by atomic mass is 32.1. The van der Waals surface area contributed by atoms with Gasteiger partial charge in [-0.15, -0.1) is 11.3 Å². The first-order valence-electron chi connectivity index (χ1n) is 5.34. The first-order valence-corrected chi connectivity index (χ1v) is 6.22. The van der Waals surface area contributed by atoms with Crippen LogP contribution in [0.15, 0.2) is 30.2 Å². The van der Waals surface area contributed by atoms with E-state index in [0.717, 1.165) is 34.8 Å². The molecule has 0 saturated carbocycles. The quantitative estimate of drug-likeness (QED) is 0.738. The van der Waals surface area contributed by atoms with E-state index in [2.05, 4.69) is 25.3 Å². The van der Waals surface area contributed by atoms with Crippen LogP contribution < -0.4 is 5.32 Å². The average Bonchev–Trinajstić information content (AvgIpc) is 2.99. The fourth-order valence-electron chi connectivity index (χ4n) is 1.65. The van der Waals surface area contributed by atoms with Crippen molar-refractivity contribution in [1.29, 1.82) is 0 Å². The molecule has 0 aliphatic heterocycles. The van der Waals surface area contributed by atoms with Gasteiger partial charge in [-0.3, -0.25) is 0 Å². The molecule has 17 heavy (non-hydrogen) atoms. The van der Waals surface area contributed by atoms with Gasteiger partial charge in [0.2, 0.25) is 0 Å². The molecule has 0 unspecified atom stereocenters. The molecule has 0 radical (unpaired) electrons. The van der Waals surface area contributed by atoms with Gasteiger partial charge in [-0.25, -0.2) is 15.0 Å². The van der Waals surface area contributed by atoms with E-state index in [1.807, 2.05) is 17.6 Å². The lowest BCUT2D eigenvalue weighted by Gasteiger charge is -2.04. The maximum absolute atomic E-state index is 4.26. The Morgan fingerprint density at radius 3 is 3.18 bits per heavy atom. The van der Waals surface area contributed by atoms with Crippen LogP contribution in [0.3, 0.4) is 0 Å². The zero-order valence-electron chi connectivity index (χ0n) is 9.05. The number of thiophene rings is 1. The molecule has 0 atom stereocenters. The van der Waals surface area contributed by atoms with Crippen molar-refractivity contribution in [3.63, 3.8) is 0 Å². The molecular formula is C11H11N5S. The highest BCUT2D eigenvalue weighted by Crippen LogP contribution is 2.24. The van der Waals surface area contributed by atoms with Crippen molar-refractivity contribution in [3.05, 3.63) is 36.0 Å². The molecule has 0 bridgehead atoms. The van der Waals surface area contributed by atoms with Crippen molar-refractivity contribution in [2.45, 2.75) is 6.42 Å². The van der Waals surface area contributed by atoms with Crippen LogP contribution in [0.5, 0.6) is 0 Å². The fourth-order valence-corrected chi connectivity index (χ4v) is 2.46. The summed E-state index contributed by atoms with van der Waals surface area (Å²) in [6.07, 6.45) is 6.03. The number of hydrogen-bond acceptors (Lipinski definition) is 5. The summed E-state index contributed by atoms with van der Waals surface area (Å²) in [4.78, 5) is 15.7. The second-order valence-corrected chi connectivity index (χ2v) is 4.49. The minimum atomic E-state index is 0.803. The van der Waals surface area contributed by atoms with Gasteiger partial charge in [0.15, 0.2) is 0 Å². The van der Waals surface area contributed by atoms with Gasteiger partial charge >= 0.3 is 0 Å². The molecule has 6 heteroatoms. The van der Waals surface area contributed by atoms with Crippen molar-refractivity contribution in [3.8, 4) is 0 Å². The Morgan fingerprint density at radius 1 is 1.29 bits per heavy atom. The Bertz CT molecular complexity index is 601. The Balaban J connectivity index is 1.70. The van der Waals surface area contributed by atoms with Gasteiger partial charge in [-0.1, -0.05) is 0 Å². The highest BCUT2D eigenvalue weighted by Gasteiger charge is 2.04. The molecule has 3 heterocycles. The monoisotopic (exact) mass is 245 g/mol. The number of aromatic amines is 1. The third-order valence-corrected chi connectivity index (χ3v) is 3.36. The number of hydrogen-bond donors (Lipinski definition) is 2. The van der Waals surface area contributed by atoms with Gasteiger partial charge in [-0.2, -0.15) is 0 Å². The van der Waals surface area contributed by atoms with Crippen molar-refractivity contribution >= 4 is 27.4 Å². The van der Waals surface area contributed by atoms with E-state index in [1.165, 1.54) is 0 Å². The van der Waals surface area contributed by atoms with Crippen LogP contribution in [0.1, 0.15) is 5.82 Å². The molecule has 0 aliphatic carbocycles. The molecule has 0 fully saturated rings. The minimum Gasteiger partial charge on any atom is -0.368 e. The predicted octanol–water partition coefficient (Wildman–Crippen LogP) is 2.07. The van der Waals surface area contributed by atoms with Crippen molar-refractivity contribution in [1.82, 2.24) is 19.9 Å².